The predicted molar refractivity (Wildman–Crippen MR) is 79.3 cm³/mol. The zero-order valence-corrected chi connectivity index (χ0v) is 13.4. The molecule has 0 aromatic carbocycles. The van der Waals surface area contributed by atoms with Crippen molar-refractivity contribution in [1.82, 2.24) is 0 Å². The van der Waals surface area contributed by atoms with E-state index < -0.39 is 18.1 Å². The van der Waals surface area contributed by atoms with E-state index in [0.717, 1.165) is 12.8 Å². The van der Waals surface area contributed by atoms with Crippen LogP contribution in [0.2, 0.25) is 0 Å². The molecule has 0 amide bonds. The third kappa shape index (κ3) is 6.47. The van der Waals surface area contributed by atoms with Crippen molar-refractivity contribution in [2.24, 2.45) is 11.5 Å². The van der Waals surface area contributed by atoms with Gasteiger partial charge >= 0.3 is 0 Å². The lowest BCUT2D eigenvalue weighted by molar-refractivity contribution is -0.215. The molecule has 0 aromatic heterocycles. The van der Waals surface area contributed by atoms with Crippen molar-refractivity contribution >= 4 is 0 Å². The third-order valence-corrected chi connectivity index (χ3v) is 2.83. The van der Waals surface area contributed by atoms with E-state index in [2.05, 4.69) is 0 Å². The highest BCUT2D eigenvalue weighted by Crippen LogP contribution is 2.19. The maximum Gasteiger partial charge on any atom is 0.184 e. The molecule has 0 radical (unpaired) electrons. The van der Waals surface area contributed by atoms with Crippen LogP contribution in [0.3, 0.4) is 0 Å². The van der Waals surface area contributed by atoms with Gasteiger partial charge < -0.3 is 24.7 Å². The highest BCUT2D eigenvalue weighted by Gasteiger charge is 2.43. The summed E-state index contributed by atoms with van der Waals surface area (Å²) >= 11 is 0. The predicted octanol–water partition coefficient (Wildman–Crippen LogP) is 1.22. The average Bonchev–Trinajstić information content (AvgIpc) is 2.43. The monoisotopic (exact) mass is 292 g/mol. The molecule has 6 heteroatoms. The van der Waals surface area contributed by atoms with Gasteiger partial charge in [-0.2, -0.15) is 0 Å². The molecule has 0 saturated carbocycles. The molecule has 3 unspecified atom stereocenters. The second-order valence-corrected chi connectivity index (χ2v) is 4.60. The fourth-order valence-electron chi connectivity index (χ4n) is 1.82. The van der Waals surface area contributed by atoms with Crippen LogP contribution in [0.25, 0.3) is 0 Å². The molecule has 0 spiro atoms. The van der Waals surface area contributed by atoms with Crippen LogP contribution in [0, 0.1) is 0 Å². The molecule has 122 valence electrons. The molecule has 0 rings (SSSR count). The smallest absolute Gasteiger partial charge is 0.184 e. The standard InChI is InChI=1S/C14H32N2O4/c1-5-9-17-11-12(19-10-6-2)14(16,20-8-4)13(15)18-7-3/h12-13H,5-11,15-16H2,1-4H3. The Hall–Kier alpha value is -0.240. The summed E-state index contributed by atoms with van der Waals surface area (Å²) in [6, 6.07) is 0. The Morgan fingerprint density at radius 3 is 2.10 bits per heavy atom. The number of ether oxygens (including phenoxy) is 4. The maximum atomic E-state index is 6.33. The number of rotatable bonds is 13. The number of nitrogens with two attached hydrogens (primary N) is 2. The van der Waals surface area contributed by atoms with Crippen LogP contribution < -0.4 is 11.5 Å². The van der Waals surface area contributed by atoms with E-state index >= 15 is 0 Å². The van der Waals surface area contributed by atoms with Gasteiger partial charge in [-0.05, 0) is 26.7 Å². The van der Waals surface area contributed by atoms with Crippen molar-refractivity contribution in [3.05, 3.63) is 0 Å². The molecule has 0 saturated heterocycles. The Balaban J connectivity index is 4.85. The molecule has 4 N–H and O–H groups in total. The van der Waals surface area contributed by atoms with E-state index in [0.29, 0.717) is 33.0 Å². The highest BCUT2D eigenvalue weighted by molar-refractivity contribution is 4.89. The van der Waals surface area contributed by atoms with Gasteiger partial charge in [0.2, 0.25) is 0 Å². The molecule has 0 heterocycles. The van der Waals surface area contributed by atoms with Crippen LogP contribution in [-0.2, 0) is 18.9 Å². The summed E-state index contributed by atoms with van der Waals surface area (Å²) in [5.74, 6) is 0. The van der Waals surface area contributed by atoms with Crippen LogP contribution in [0.4, 0.5) is 0 Å². The Morgan fingerprint density at radius 2 is 1.60 bits per heavy atom. The van der Waals surface area contributed by atoms with Crippen LogP contribution in [-0.4, -0.2) is 51.1 Å². The van der Waals surface area contributed by atoms with Crippen LogP contribution in [0.15, 0.2) is 0 Å². The van der Waals surface area contributed by atoms with E-state index in [9.17, 15) is 0 Å². The molecular formula is C14H32N2O4. The second-order valence-electron chi connectivity index (χ2n) is 4.60. The van der Waals surface area contributed by atoms with Crippen LogP contribution >= 0.6 is 0 Å². The van der Waals surface area contributed by atoms with Gasteiger partial charge in [-0.1, -0.05) is 13.8 Å². The molecule has 0 aromatic rings. The normalized spacial score (nSPS) is 17.7. The van der Waals surface area contributed by atoms with Crippen molar-refractivity contribution in [1.29, 1.82) is 0 Å². The fraction of sp³-hybridized carbons (Fsp3) is 1.00. The first-order valence-electron chi connectivity index (χ1n) is 7.55. The summed E-state index contributed by atoms with van der Waals surface area (Å²) in [7, 11) is 0. The Kier molecular flexibility index (Phi) is 11.3. The van der Waals surface area contributed by atoms with Crippen LogP contribution in [0.5, 0.6) is 0 Å². The SMILES string of the molecule is CCCOCC(OCCC)C(N)(OCC)C(N)OCC. The molecule has 20 heavy (non-hydrogen) atoms. The number of hydrogen-bond donors (Lipinski definition) is 2. The van der Waals surface area contributed by atoms with Crippen molar-refractivity contribution < 1.29 is 18.9 Å². The molecule has 0 bridgehead atoms. The maximum absolute atomic E-state index is 6.33. The van der Waals surface area contributed by atoms with E-state index in [1.807, 2.05) is 27.7 Å². The van der Waals surface area contributed by atoms with Gasteiger partial charge in [0.1, 0.15) is 6.10 Å². The van der Waals surface area contributed by atoms with Crippen LogP contribution in [0.1, 0.15) is 40.5 Å². The van der Waals surface area contributed by atoms with Gasteiger partial charge in [0.25, 0.3) is 0 Å². The molecule has 0 aliphatic carbocycles. The first kappa shape index (κ1) is 19.8. The third-order valence-electron chi connectivity index (χ3n) is 2.83. The number of hydrogen-bond acceptors (Lipinski definition) is 6. The van der Waals surface area contributed by atoms with Crippen molar-refractivity contribution in [3.63, 3.8) is 0 Å². The van der Waals surface area contributed by atoms with Gasteiger partial charge in [0.05, 0.1) is 6.61 Å². The summed E-state index contributed by atoms with van der Waals surface area (Å²) in [5, 5.41) is 0. The summed E-state index contributed by atoms with van der Waals surface area (Å²) in [5.41, 5.74) is 11.1. The highest BCUT2D eigenvalue weighted by atomic mass is 16.6. The average molecular weight is 292 g/mol. The summed E-state index contributed by atoms with van der Waals surface area (Å²) < 4.78 is 22.4. The fourth-order valence-corrected chi connectivity index (χ4v) is 1.82. The molecule has 3 atom stereocenters. The lowest BCUT2D eigenvalue weighted by Gasteiger charge is -2.40. The Bertz CT molecular complexity index is 231. The van der Waals surface area contributed by atoms with Gasteiger partial charge in [-0.3, -0.25) is 5.73 Å². The molecule has 6 nitrogen and oxygen atoms in total. The van der Waals surface area contributed by atoms with E-state index in [4.69, 9.17) is 30.4 Å². The van der Waals surface area contributed by atoms with Gasteiger partial charge in [-0.25, -0.2) is 0 Å². The van der Waals surface area contributed by atoms with E-state index in [-0.39, 0.29) is 0 Å². The quantitative estimate of drug-likeness (QED) is 0.392. The lowest BCUT2D eigenvalue weighted by atomic mass is 10.1. The zero-order valence-electron chi connectivity index (χ0n) is 13.4. The second kappa shape index (κ2) is 11.4. The first-order valence-corrected chi connectivity index (χ1v) is 7.55. The molecule has 0 fully saturated rings. The minimum atomic E-state index is -1.21. The summed E-state index contributed by atoms with van der Waals surface area (Å²) in [6.45, 7) is 10.3. The zero-order chi connectivity index (χ0) is 15.4. The molecule has 0 aliphatic heterocycles. The van der Waals surface area contributed by atoms with Crippen molar-refractivity contribution in [3.8, 4) is 0 Å². The first-order chi connectivity index (χ1) is 9.56. The van der Waals surface area contributed by atoms with Gasteiger partial charge in [0, 0.05) is 26.4 Å². The largest absolute Gasteiger partial charge is 0.379 e. The van der Waals surface area contributed by atoms with Gasteiger partial charge in [-0.15, -0.1) is 0 Å². The minimum absolute atomic E-state index is 0.338. The molecular weight excluding hydrogens is 260 g/mol. The Morgan fingerprint density at radius 1 is 0.950 bits per heavy atom. The summed E-state index contributed by atoms with van der Waals surface area (Å²) in [6.07, 6.45) is 0.593. The van der Waals surface area contributed by atoms with Crippen molar-refractivity contribution in [2.75, 3.05) is 33.0 Å². The van der Waals surface area contributed by atoms with E-state index in [1.54, 1.807) is 0 Å². The summed E-state index contributed by atoms with van der Waals surface area (Å²) in [4.78, 5) is 0. The van der Waals surface area contributed by atoms with Crippen molar-refractivity contribution in [2.45, 2.75) is 58.6 Å². The minimum Gasteiger partial charge on any atom is -0.379 e. The topological polar surface area (TPSA) is 89.0 Å². The molecule has 0 aliphatic rings. The Labute approximate surface area is 123 Å². The van der Waals surface area contributed by atoms with E-state index in [1.165, 1.54) is 0 Å². The van der Waals surface area contributed by atoms with Gasteiger partial charge in [0.15, 0.2) is 12.0 Å². The lowest BCUT2D eigenvalue weighted by Crippen LogP contribution is -2.67.